The maximum atomic E-state index is 12.6. The van der Waals surface area contributed by atoms with E-state index in [9.17, 15) is 4.79 Å². The number of hydrogen-bond donors (Lipinski definition) is 2. The molecule has 0 radical (unpaired) electrons. The summed E-state index contributed by atoms with van der Waals surface area (Å²) in [5, 5.41) is 4.88. The number of methoxy groups -OCH3 is 1. The number of H-pyrrole nitrogens is 1. The molecule has 1 aromatic heterocycles. The van der Waals surface area contributed by atoms with Crippen molar-refractivity contribution < 1.29 is 23.7 Å². The quantitative estimate of drug-likeness (QED) is 0.308. The summed E-state index contributed by atoms with van der Waals surface area (Å²) in [6.45, 7) is 9.30. The van der Waals surface area contributed by atoms with Crippen molar-refractivity contribution in [2.45, 2.75) is 51.9 Å². The van der Waals surface area contributed by atoms with Gasteiger partial charge >= 0.3 is 6.09 Å². The molecular weight excluding hydrogens is 482 g/mol. The van der Waals surface area contributed by atoms with E-state index in [1.165, 1.54) is 0 Å². The molecule has 2 heterocycles. The first kappa shape index (κ1) is 28.0. The molecule has 0 saturated carbocycles. The van der Waals surface area contributed by atoms with Crippen LogP contribution in [-0.4, -0.2) is 74.2 Å². The van der Waals surface area contributed by atoms with Crippen LogP contribution in [0.25, 0.3) is 22.2 Å². The summed E-state index contributed by atoms with van der Waals surface area (Å²) in [5.74, 6) is 0. The number of hydrogen-bond acceptors (Lipinski definition) is 6. The highest BCUT2D eigenvalue weighted by Gasteiger charge is 2.22. The summed E-state index contributed by atoms with van der Waals surface area (Å²) in [4.78, 5) is 17.9. The van der Waals surface area contributed by atoms with Crippen LogP contribution in [0.5, 0.6) is 0 Å². The van der Waals surface area contributed by atoms with Crippen LogP contribution in [0.1, 0.15) is 39.2 Å². The number of ether oxygens (including phenoxy) is 4. The number of anilines is 1. The van der Waals surface area contributed by atoms with Gasteiger partial charge in [0.15, 0.2) is 0 Å². The van der Waals surface area contributed by atoms with Gasteiger partial charge in [-0.15, -0.1) is 0 Å². The van der Waals surface area contributed by atoms with E-state index in [0.717, 1.165) is 59.5 Å². The highest BCUT2D eigenvalue weighted by atomic mass is 16.6. The first-order valence-corrected chi connectivity index (χ1v) is 13.4. The maximum Gasteiger partial charge on any atom is 0.410 e. The molecule has 3 aromatic rings. The van der Waals surface area contributed by atoms with E-state index in [4.69, 9.17) is 18.9 Å². The number of benzene rings is 2. The monoisotopic (exact) mass is 523 g/mol. The maximum absolute atomic E-state index is 12.6. The van der Waals surface area contributed by atoms with E-state index in [1.54, 1.807) is 12.0 Å². The van der Waals surface area contributed by atoms with Crippen LogP contribution in [0.3, 0.4) is 0 Å². The molecule has 1 amide bonds. The lowest BCUT2D eigenvalue weighted by atomic mass is 10.1. The van der Waals surface area contributed by atoms with Crippen molar-refractivity contribution in [2.24, 2.45) is 0 Å². The number of rotatable bonds is 11. The van der Waals surface area contributed by atoms with Crippen LogP contribution in [0.4, 0.5) is 10.5 Å². The smallest absolute Gasteiger partial charge is 0.410 e. The van der Waals surface area contributed by atoms with E-state index in [1.807, 2.05) is 26.8 Å². The average molecular weight is 524 g/mol. The van der Waals surface area contributed by atoms with Gasteiger partial charge in [-0.2, -0.15) is 0 Å². The second-order valence-corrected chi connectivity index (χ2v) is 10.7. The van der Waals surface area contributed by atoms with Crippen molar-refractivity contribution in [3.05, 3.63) is 54.1 Å². The third kappa shape index (κ3) is 7.96. The minimum absolute atomic E-state index is 0.358. The molecule has 1 fully saturated rings. The van der Waals surface area contributed by atoms with Gasteiger partial charge in [-0.25, -0.2) is 4.79 Å². The van der Waals surface area contributed by atoms with Crippen LogP contribution in [0, 0.1) is 0 Å². The van der Waals surface area contributed by atoms with Gasteiger partial charge in [-0.3, -0.25) is 0 Å². The third-order valence-corrected chi connectivity index (χ3v) is 6.45. The Labute approximate surface area is 225 Å². The number of fused-ring (bicyclic) bond motifs is 1. The van der Waals surface area contributed by atoms with Crippen molar-refractivity contribution >= 4 is 22.7 Å². The van der Waals surface area contributed by atoms with E-state index < -0.39 is 5.60 Å². The summed E-state index contributed by atoms with van der Waals surface area (Å²) < 4.78 is 22.3. The largest absolute Gasteiger partial charge is 0.444 e. The zero-order valence-corrected chi connectivity index (χ0v) is 23.0. The Bertz CT molecular complexity index is 1170. The van der Waals surface area contributed by atoms with E-state index in [2.05, 4.69) is 52.8 Å². The fraction of sp³-hybridized carbons (Fsp3) is 0.500. The lowest BCUT2D eigenvalue weighted by Crippen LogP contribution is -2.40. The molecule has 8 heteroatoms. The van der Waals surface area contributed by atoms with Crippen molar-refractivity contribution in [3.8, 4) is 11.3 Å². The molecule has 4 rings (SSSR count). The van der Waals surface area contributed by atoms with Gasteiger partial charge in [0.1, 0.15) is 5.60 Å². The Morgan fingerprint density at radius 3 is 2.53 bits per heavy atom. The van der Waals surface area contributed by atoms with Gasteiger partial charge in [0, 0.05) is 50.5 Å². The summed E-state index contributed by atoms with van der Waals surface area (Å²) in [7, 11) is 1.62. The number of amides is 1. The Balaban J connectivity index is 1.46. The topological polar surface area (TPSA) is 85.1 Å². The van der Waals surface area contributed by atoms with Gasteiger partial charge in [0.05, 0.1) is 31.0 Å². The fourth-order valence-electron chi connectivity index (χ4n) is 4.53. The first-order chi connectivity index (χ1) is 18.3. The lowest BCUT2D eigenvalue weighted by molar-refractivity contribution is 0.0113. The predicted octanol–water partition coefficient (Wildman–Crippen LogP) is 5.83. The highest BCUT2D eigenvalue weighted by Crippen LogP contribution is 2.31. The molecule has 0 atom stereocenters. The highest BCUT2D eigenvalue weighted by molar-refractivity contribution is 5.95. The van der Waals surface area contributed by atoms with Crippen molar-refractivity contribution in [2.75, 3.05) is 51.9 Å². The standard InChI is InChI=1S/C30H41N3O5/c1-30(2,3)38-29(34)33(12-16-35-4)13-17-37-21-22-18-24-20-26(23-8-6-5-7-9-23)32-28(24)27(19-22)31-25-10-14-36-15-11-25/h5-9,18-20,25,31-32H,10-17,21H2,1-4H3. The Hall–Kier alpha value is -3.07. The van der Waals surface area contributed by atoms with Crippen molar-refractivity contribution in [1.82, 2.24) is 9.88 Å². The molecule has 0 unspecified atom stereocenters. The molecule has 1 saturated heterocycles. The summed E-state index contributed by atoms with van der Waals surface area (Å²) in [5.41, 5.74) is 4.92. The molecule has 206 valence electrons. The minimum atomic E-state index is -0.554. The molecule has 38 heavy (non-hydrogen) atoms. The normalized spacial score (nSPS) is 14.5. The van der Waals surface area contributed by atoms with Gasteiger partial charge in [-0.1, -0.05) is 30.3 Å². The summed E-state index contributed by atoms with van der Waals surface area (Å²) in [6.07, 6.45) is 1.61. The molecular formula is C30H41N3O5. The molecule has 1 aliphatic rings. The predicted molar refractivity (Wildman–Crippen MR) is 151 cm³/mol. The van der Waals surface area contributed by atoms with Crippen molar-refractivity contribution in [3.63, 3.8) is 0 Å². The fourth-order valence-corrected chi connectivity index (χ4v) is 4.53. The first-order valence-electron chi connectivity index (χ1n) is 13.4. The zero-order valence-electron chi connectivity index (χ0n) is 23.0. The molecule has 1 aliphatic heterocycles. The summed E-state index contributed by atoms with van der Waals surface area (Å²) in [6, 6.07) is 17.2. The number of nitrogens with one attached hydrogen (secondary N) is 2. The molecule has 8 nitrogen and oxygen atoms in total. The second kappa shape index (κ2) is 13.1. The molecule has 0 aliphatic carbocycles. The Morgan fingerprint density at radius 2 is 1.82 bits per heavy atom. The van der Waals surface area contributed by atoms with Crippen LogP contribution in [0.15, 0.2) is 48.5 Å². The lowest BCUT2D eigenvalue weighted by Gasteiger charge is -2.27. The third-order valence-electron chi connectivity index (χ3n) is 6.45. The van der Waals surface area contributed by atoms with Gasteiger partial charge in [-0.05, 0) is 62.9 Å². The average Bonchev–Trinajstić information content (AvgIpc) is 3.33. The van der Waals surface area contributed by atoms with Crippen LogP contribution < -0.4 is 5.32 Å². The van der Waals surface area contributed by atoms with Gasteiger partial charge in [0.25, 0.3) is 0 Å². The molecule has 2 N–H and O–H groups in total. The SMILES string of the molecule is COCCN(CCOCc1cc(NC2CCOCC2)c2[nH]c(-c3ccccc3)cc2c1)C(=O)OC(C)(C)C. The van der Waals surface area contributed by atoms with Crippen molar-refractivity contribution in [1.29, 1.82) is 0 Å². The number of nitrogens with zero attached hydrogens (tertiary/aromatic N) is 1. The van der Waals surface area contributed by atoms with Crippen LogP contribution in [0.2, 0.25) is 0 Å². The number of carbonyl (C=O) groups excluding carboxylic acids is 1. The number of aromatic nitrogens is 1. The molecule has 0 bridgehead atoms. The number of carbonyl (C=O) groups is 1. The van der Waals surface area contributed by atoms with Crippen LogP contribution >= 0.6 is 0 Å². The summed E-state index contributed by atoms with van der Waals surface area (Å²) >= 11 is 0. The Morgan fingerprint density at radius 1 is 1.08 bits per heavy atom. The van der Waals surface area contributed by atoms with E-state index >= 15 is 0 Å². The molecule has 0 spiro atoms. The van der Waals surface area contributed by atoms with Gasteiger partial charge in [0.2, 0.25) is 0 Å². The number of aromatic amines is 1. The second-order valence-electron chi connectivity index (χ2n) is 10.7. The Kier molecular flexibility index (Phi) is 9.66. The molecule has 2 aromatic carbocycles. The van der Waals surface area contributed by atoms with E-state index in [-0.39, 0.29) is 6.09 Å². The van der Waals surface area contributed by atoms with E-state index in [0.29, 0.717) is 39.0 Å². The van der Waals surface area contributed by atoms with Gasteiger partial charge < -0.3 is 34.1 Å². The van der Waals surface area contributed by atoms with Crippen LogP contribution in [-0.2, 0) is 25.6 Å². The zero-order chi connectivity index (χ0) is 27.0. The minimum Gasteiger partial charge on any atom is -0.444 e.